The summed E-state index contributed by atoms with van der Waals surface area (Å²) in [4.78, 5) is 11.5. The highest BCUT2D eigenvalue weighted by Gasteiger charge is 2.13. The summed E-state index contributed by atoms with van der Waals surface area (Å²) >= 11 is 9.51. The van der Waals surface area contributed by atoms with Crippen LogP contribution in [0.1, 0.15) is 33.8 Å². The van der Waals surface area contributed by atoms with Gasteiger partial charge in [0.2, 0.25) is 0 Å². The molecule has 0 amide bonds. The fourth-order valence-electron chi connectivity index (χ4n) is 2.45. The lowest BCUT2D eigenvalue weighted by atomic mass is 9.93. The van der Waals surface area contributed by atoms with Gasteiger partial charge in [-0.25, -0.2) is 4.79 Å². The number of carbonyl (C=O) groups excluding carboxylic acids is 1. The van der Waals surface area contributed by atoms with Gasteiger partial charge in [-0.3, -0.25) is 0 Å². The van der Waals surface area contributed by atoms with Gasteiger partial charge < -0.3 is 9.84 Å². The average molecular weight is 432 g/mol. The number of aliphatic hydroxyl groups is 1. The normalized spacial score (nSPS) is 11.5. The number of hydrogen-bond acceptors (Lipinski definition) is 3. The topological polar surface area (TPSA) is 46.5 Å². The Balaban J connectivity index is 0.00000288. The number of hydrogen-bond donors (Lipinski definition) is 1. The second-order valence-corrected chi connectivity index (χ2v) is 6.56. The van der Waals surface area contributed by atoms with Crippen molar-refractivity contribution in [3.63, 3.8) is 0 Å². The highest BCUT2D eigenvalue weighted by Crippen LogP contribution is 2.27. The van der Waals surface area contributed by atoms with Crippen molar-refractivity contribution in [3.05, 3.63) is 68.7 Å². The first kappa shape index (κ1) is 21.0. The molecular formula is C18H20BrClO3S. The SMILES string of the molecule is COC(=O)c1ccc(CC[C@H](CO)c2cccc(Cl)c2)c(Br)c1.S. The predicted molar refractivity (Wildman–Crippen MR) is 105 cm³/mol. The van der Waals surface area contributed by atoms with Crippen molar-refractivity contribution in [1.82, 2.24) is 0 Å². The van der Waals surface area contributed by atoms with E-state index >= 15 is 0 Å². The monoisotopic (exact) mass is 430 g/mol. The van der Waals surface area contributed by atoms with Gasteiger partial charge in [0, 0.05) is 22.0 Å². The molecule has 2 aromatic rings. The summed E-state index contributed by atoms with van der Waals surface area (Å²) in [6.07, 6.45) is 1.56. The number of halogens is 2. The minimum absolute atomic E-state index is 0. The minimum atomic E-state index is -0.357. The second kappa shape index (κ2) is 10.1. The van der Waals surface area contributed by atoms with E-state index in [-0.39, 0.29) is 32.0 Å². The number of rotatable bonds is 6. The van der Waals surface area contributed by atoms with E-state index in [2.05, 4.69) is 15.9 Å². The lowest BCUT2D eigenvalue weighted by Crippen LogP contribution is -2.06. The van der Waals surface area contributed by atoms with Crippen LogP contribution >= 0.6 is 41.0 Å². The van der Waals surface area contributed by atoms with Crippen molar-refractivity contribution in [2.75, 3.05) is 13.7 Å². The third-order valence-electron chi connectivity index (χ3n) is 3.78. The first-order chi connectivity index (χ1) is 11.0. The standard InChI is InChI=1S/C18H18BrClO3.H2S/c1-23-18(22)14-7-5-12(17(19)10-14)6-8-15(11-21)13-3-2-4-16(20)9-13;/h2-5,7,9-10,15,21H,6,8,11H2,1H3;1H2/t15-;/m1./s1. The van der Waals surface area contributed by atoms with E-state index in [1.165, 1.54) is 7.11 Å². The number of carbonyl (C=O) groups is 1. The zero-order valence-electron chi connectivity index (χ0n) is 13.3. The molecule has 0 unspecified atom stereocenters. The first-order valence-electron chi connectivity index (χ1n) is 7.28. The third-order valence-corrected chi connectivity index (χ3v) is 4.75. The van der Waals surface area contributed by atoms with E-state index in [0.29, 0.717) is 10.6 Å². The van der Waals surface area contributed by atoms with Crippen LogP contribution in [0.3, 0.4) is 0 Å². The summed E-state index contributed by atoms with van der Waals surface area (Å²) in [5, 5.41) is 10.3. The summed E-state index contributed by atoms with van der Waals surface area (Å²) in [5.41, 5.74) is 2.62. The Morgan fingerprint density at radius 2 is 2.04 bits per heavy atom. The number of ether oxygens (including phenoxy) is 1. The fraction of sp³-hybridized carbons (Fsp3) is 0.278. The molecule has 24 heavy (non-hydrogen) atoms. The van der Waals surface area contributed by atoms with Crippen LogP contribution < -0.4 is 0 Å². The van der Waals surface area contributed by atoms with Gasteiger partial charge in [0.15, 0.2) is 0 Å². The van der Waals surface area contributed by atoms with Gasteiger partial charge in [-0.2, -0.15) is 13.5 Å². The van der Waals surface area contributed by atoms with Crippen LogP contribution in [0.25, 0.3) is 0 Å². The van der Waals surface area contributed by atoms with Crippen molar-refractivity contribution < 1.29 is 14.6 Å². The largest absolute Gasteiger partial charge is 0.465 e. The van der Waals surface area contributed by atoms with Crippen molar-refractivity contribution in [2.45, 2.75) is 18.8 Å². The van der Waals surface area contributed by atoms with Gasteiger partial charge >= 0.3 is 5.97 Å². The van der Waals surface area contributed by atoms with Crippen LogP contribution in [0.2, 0.25) is 5.02 Å². The number of esters is 1. The molecule has 1 atom stereocenters. The van der Waals surface area contributed by atoms with E-state index < -0.39 is 0 Å². The van der Waals surface area contributed by atoms with Crippen molar-refractivity contribution in [1.29, 1.82) is 0 Å². The molecule has 1 N–H and O–H groups in total. The molecule has 0 saturated carbocycles. The van der Waals surface area contributed by atoms with Crippen LogP contribution in [0.15, 0.2) is 46.9 Å². The number of aliphatic hydroxyl groups excluding tert-OH is 1. The van der Waals surface area contributed by atoms with E-state index in [0.717, 1.165) is 28.4 Å². The molecule has 0 fully saturated rings. The van der Waals surface area contributed by atoms with Gasteiger partial charge in [0.05, 0.1) is 12.7 Å². The molecule has 2 aromatic carbocycles. The fourth-order valence-corrected chi connectivity index (χ4v) is 3.22. The lowest BCUT2D eigenvalue weighted by molar-refractivity contribution is 0.0600. The van der Waals surface area contributed by atoms with Gasteiger partial charge in [-0.05, 0) is 48.2 Å². The zero-order valence-corrected chi connectivity index (χ0v) is 16.6. The molecule has 0 bridgehead atoms. The highest BCUT2D eigenvalue weighted by molar-refractivity contribution is 9.10. The van der Waals surface area contributed by atoms with E-state index in [1.54, 1.807) is 12.1 Å². The van der Waals surface area contributed by atoms with Crippen LogP contribution in [-0.4, -0.2) is 24.8 Å². The van der Waals surface area contributed by atoms with Crippen LogP contribution in [0.5, 0.6) is 0 Å². The summed E-state index contributed by atoms with van der Waals surface area (Å²) in [5.74, 6) is -0.328. The van der Waals surface area contributed by atoms with Gasteiger partial charge in [0.25, 0.3) is 0 Å². The number of benzene rings is 2. The minimum Gasteiger partial charge on any atom is -0.465 e. The Morgan fingerprint density at radius 3 is 2.62 bits per heavy atom. The highest BCUT2D eigenvalue weighted by atomic mass is 79.9. The zero-order chi connectivity index (χ0) is 16.8. The molecule has 6 heteroatoms. The predicted octanol–water partition coefficient (Wildman–Crippen LogP) is 4.71. The maximum absolute atomic E-state index is 11.5. The summed E-state index contributed by atoms with van der Waals surface area (Å²) in [6.45, 7) is 0.0677. The van der Waals surface area contributed by atoms with E-state index in [1.807, 2.05) is 30.3 Å². The smallest absolute Gasteiger partial charge is 0.337 e. The molecule has 0 saturated heterocycles. The molecule has 0 aliphatic carbocycles. The molecular weight excluding hydrogens is 412 g/mol. The maximum atomic E-state index is 11.5. The molecule has 3 nitrogen and oxygen atoms in total. The van der Waals surface area contributed by atoms with Crippen LogP contribution in [0.4, 0.5) is 0 Å². The molecule has 0 aliphatic heterocycles. The molecule has 0 radical (unpaired) electrons. The molecule has 130 valence electrons. The Hall–Kier alpha value is -1.01. The summed E-state index contributed by atoms with van der Waals surface area (Å²) < 4.78 is 5.57. The van der Waals surface area contributed by atoms with Crippen LogP contribution in [-0.2, 0) is 11.2 Å². The second-order valence-electron chi connectivity index (χ2n) is 5.27. The Kier molecular flexibility index (Phi) is 8.84. The number of aryl methyl sites for hydroxylation is 1. The molecule has 2 rings (SSSR count). The molecule has 0 aliphatic rings. The van der Waals surface area contributed by atoms with Crippen molar-refractivity contribution in [2.24, 2.45) is 0 Å². The quantitative estimate of drug-likeness (QED) is 0.674. The molecule has 0 heterocycles. The first-order valence-corrected chi connectivity index (χ1v) is 8.45. The van der Waals surface area contributed by atoms with Gasteiger partial charge in [-0.1, -0.05) is 45.7 Å². The lowest BCUT2D eigenvalue weighted by Gasteiger charge is -2.15. The summed E-state index contributed by atoms with van der Waals surface area (Å²) in [6, 6.07) is 13.0. The Labute approximate surface area is 162 Å². The maximum Gasteiger partial charge on any atom is 0.337 e. The van der Waals surface area contributed by atoms with Gasteiger partial charge in [0.1, 0.15) is 0 Å². The Bertz CT molecular complexity index is 694. The van der Waals surface area contributed by atoms with Crippen molar-refractivity contribution >= 4 is 47.0 Å². The Morgan fingerprint density at radius 1 is 1.29 bits per heavy atom. The van der Waals surface area contributed by atoms with Gasteiger partial charge in [-0.15, -0.1) is 0 Å². The molecule has 0 spiro atoms. The van der Waals surface area contributed by atoms with Crippen molar-refractivity contribution in [3.8, 4) is 0 Å². The summed E-state index contributed by atoms with van der Waals surface area (Å²) in [7, 11) is 1.36. The molecule has 0 aromatic heterocycles. The number of methoxy groups -OCH3 is 1. The van der Waals surface area contributed by atoms with E-state index in [4.69, 9.17) is 16.3 Å². The average Bonchev–Trinajstić information content (AvgIpc) is 2.56. The van der Waals surface area contributed by atoms with Crippen LogP contribution in [0, 0.1) is 0 Å². The third kappa shape index (κ3) is 5.52. The van der Waals surface area contributed by atoms with E-state index in [9.17, 15) is 9.90 Å².